The molecular weight excluding hydrogens is 366 g/mol. The fraction of sp³-hybridized carbons (Fsp3) is 0.0769. The van der Waals surface area contributed by atoms with Gasteiger partial charge in [-0.2, -0.15) is 0 Å². The Hall–Kier alpha value is -1.24. The maximum absolute atomic E-state index is 12.2. The average molecular weight is 377 g/mol. The Labute approximate surface area is 130 Å². The van der Waals surface area contributed by atoms with E-state index in [0.29, 0.717) is 0 Å². The van der Waals surface area contributed by atoms with E-state index in [1.54, 1.807) is 19.1 Å². The molecular formula is C13H11BrClNO3S. The van der Waals surface area contributed by atoms with Crippen molar-refractivity contribution in [1.29, 1.82) is 0 Å². The van der Waals surface area contributed by atoms with Gasteiger partial charge < -0.3 is 5.11 Å². The first-order chi connectivity index (χ1) is 9.29. The van der Waals surface area contributed by atoms with Crippen LogP contribution in [0.2, 0.25) is 5.02 Å². The van der Waals surface area contributed by atoms with Gasteiger partial charge in [-0.3, -0.25) is 4.72 Å². The summed E-state index contributed by atoms with van der Waals surface area (Å²) >= 11 is 9.06. The number of hydrogen-bond donors (Lipinski definition) is 2. The highest BCUT2D eigenvalue weighted by Gasteiger charge is 2.15. The molecule has 2 aromatic carbocycles. The molecule has 0 spiro atoms. The maximum Gasteiger partial charge on any atom is 0.261 e. The second kappa shape index (κ2) is 5.63. The van der Waals surface area contributed by atoms with E-state index >= 15 is 0 Å². The van der Waals surface area contributed by atoms with Crippen LogP contribution < -0.4 is 4.72 Å². The summed E-state index contributed by atoms with van der Waals surface area (Å²) in [5, 5.41) is 9.39. The predicted molar refractivity (Wildman–Crippen MR) is 82.8 cm³/mol. The van der Waals surface area contributed by atoms with Gasteiger partial charge in [0.1, 0.15) is 5.75 Å². The fourth-order valence-corrected chi connectivity index (χ4v) is 3.13. The van der Waals surface area contributed by atoms with Crippen molar-refractivity contribution < 1.29 is 13.5 Å². The number of hydrogen-bond acceptors (Lipinski definition) is 3. The second-order valence-electron chi connectivity index (χ2n) is 4.18. The summed E-state index contributed by atoms with van der Waals surface area (Å²) in [4.78, 5) is 0.155. The van der Waals surface area contributed by atoms with Crippen molar-refractivity contribution in [1.82, 2.24) is 0 Å². The molecule has 4 nitrogen and oxygen atoms in total. The van der Waals surface area contributed by atoms with E-state index < -0.39 is 10.0 Å². The van der Waals surface area contributed by atoms with Crippen molar-refractivity contribution in [3.8, 4) is 5.75 Å². The van der Waals surface area contributed by atoms with Crippen molar-refractivity contribution in [2.24, 2.45) is 0 Å². The third-order valence-corrected chi connectivity index (χ3v) is 5.21. The van der Waals surface area contributed by atoms with Crippen LogP contribution in [0.3, 0.4) is 0 Å². The summed E-state index contributed by atoms with van der Waals surface area (Å²) in [5.74, 6) is -0.103. The number of rotatable bonds is 3. The molecule has 0 aliphatic rings. The van der Waals surface area contributed by atoms with Crippen molar-refractivity contribution in [3.63, 3.8) is 0 Å². The fourth-order valence-electron chi connectivity index (χ4n) is 1.57. The van der Waals surface area contributed by atoms with Crippen LogP contribution in [0.4, 0.5) is 5.69 Å². The molecule has 20 heavy (non-hydrogen) atoms. The zero-order chi connectivity index (χ0) is 14.9. The van der Waals surface area contributed by atoms with Crippen LogP contribution in [0.1, 0.15) is 5.56 Å². The molecule has 2 aromatic rings. The number of nitrogens with one attached hydrogen (secondary N) is 1. The number of phenolic OH excluding ortho intramolecular Hbond substituents is 1. The van der Waals surface area contributed by atoms with Gasteiger partial charge in [-0.15, -0.1) is 0 Å². The lowest BCUT2D eigenvalue weighted by Crippen LogP contribution is -2.13. The highest BCUT2D eigenvalue weighted by atomic mass is 79.9. The van der Waals surface area contributed by atoms with E-state index in [1.807, 2.05) is 0 Å². The van der Waals surface area contributed by atoms with E-state index in [9.17, 15) is 13.5 Å². The lowest BCUT2D eigenvalue weighted by molar-refractivity contribution is 0.475. The predicted octanol–water partition coefficient (Wildman–Crippen LogP) is 3.92. The first-order valence-electron chi connectivity index (χ1n) is 5.57. The van der Waals surface area contributed by atoms with E-state index in [-0.39, 0.29) is 21.4 Å². The molecule has 0 aliphatic carbocycles. The second-order valence-corrected chi connectivity index (χ2v) is 7.13. The number of aromatic hydroxyl groups is 1. The lowest BCUT2D eigenvalue weighted by atomic mass is 10.2. The van der Waals surface area contributed by atoms with Gasteiger partial charge in [0.25, 0.3) is 10.0 Å². The van der Waals surface area contributed by atoms with Crippen LogP contribution in [0.5, 0.6) is 5.75 Å². The van der Waals surface area contributed by atoms with Crippen LogP contribution in [0, 0.1) is 6.92 Å². The number of aryl methyl sites for hydroxylation is 1. The number of sulfonamides is 1. The summed E-state index contributed by atoms with van der Waals surface area (Å²) in [6, 6.07) is 8.85. The zero-order valence-electron chi connectivity index (χ0n) is 10.4. The number of anilines is 1. The largest absolute Gasteiger partial charge is 0.506 e. The molecule has 2 N–H and O–H groups in total. The lowest BCUT2D eigenvalue weighted by Gasteiger charge is -2.10. The van der Waals surface area contributed by atoms with Gasteiger partial charge in [-0.05, 0) is 48.9 Å². The first kappa shape index (κ1) is 15.2. The molecule has 0 fully saturated rings. The van der Waals surface area contributed by atoms with Crippen molar-refractivity contribution in [3.05, 3.63) is 51.5 Å². The number of benzene rings is 2. The molecule has 0 aromatic heterocycles. The van der Waals surface area contributed by atoms with E-state index in [2.05, 4.69) is 20.7 Å². The molecule has 0 aliphatic heterocycles. The van der Waals surface area contributed by atoms with Gasteiger partial charge in [-0.1, -0.05) is 27.5 Å². The van der Waals surface area contributed by atoms with E-state index in [0.717, 1.165) is 10.0 Å². The Morgan fingerprint density at radius 1 is 1.20 bits per heavy atom. The number of halogens is 2. The van der Waals surface area contributed by atoms with Crippen LogP contribution >= 0.6 is 27.5 Å². The molecule has 0 saturated heterocycles. The minimum absolute atomic E-state index is 0.0807. The van der Waals surface area contributed by atoms with Crippen LogP contribution in [-0.4, -0.2) is 13.5 Å². The Balaban J connectivity index is 2.35. The highest BCUT2D eigenvalue weighted by Crippen LogP contribution is 2.28. The summed E-state index contributed by atoms with van der Waals surface area (Å²) in [5.41, 5.74) is 1.10. The van der Waals surface area contributed by atoms with Gasteiger partial charge in [0.05, 0.1) is 15.6 Å². The van der Waals surface area contributed by atoms with Gasteiger partial charge in [-0.25, -0.2) is 8.42 Å². The SMILES string of the molecule is Cc1cc(S(=O)(=O)Nc2ccc(O)c(Cl)c2)ccc1Br. The molecule has 0 saturated carbocycles. The molecule has 0 radical (unpaired) electrons. The standard InChI is InChI=1S/C13H11BrClNO3S/c1-8-6-10(3-4-11(8)14)20(18,19)16-9-2-5-13(17)12(15)7-9/h2-7,16-17H,1H3. The molecule has 0 unspecified atom stereocenters. The molecule has 0 amide bonds. The third-order valence-electron chi connectivity index (χ3n) is 2.64. The molecule has 0 atom stereocenters. The summed E-state index contributed by atoms with van der Waals surface area (Å²) in [6.45, 7) is 1.81. The van der Waals surface area contributed by atoms with E-state index in [1.165, 1.54) is 24.3 Å². The topological polar surface area (TPSA) is 66.4 Å². The molecule has 0 heterocycles. The van der Waals surface area contributed by atoms with Crippen LogP contribution in [0.25, 0.3) is 0 Å². The zero-order valence-corrected chi connectivity index (χ0v) is 13.6. The molecule has 0 bridgehead atoms. The summed E-state index contributed by atoms with van der Waals surface area (Å²) in [7, 11) is -3.69. The van der Waals surface area contributed by atoms with E-state index in [4.69, 9.17) is 11.6 Å². The quantitative estimate of drug-likeness (QED) is 0.798. The summed E-state index contributed by atoms with van der Waals surface area (Å²) in [6.07, 6.45) is 0. The van der Waals surface area contributed by atoms with Crippen molar-refractivity contribution in [2.75, 3.05) is 4.72 Å². The van der Waals surface area contributed by atoms with Crippen LogP contribution in [-0.2, 0) is 10.0 Å². The monoisotopic (exact) mass is 375 g/mol. The van der Waals surface area contributed by atoms with Crippen LogP contribution in [0.15, 0.2) is 45.8 Å². The smallest absolute Gasteiger partial charge is 0.261 e. The minimum Gasteiger partial charge on any atom is -0.506 e. The third kappa shape index (κ3) is 3.26. The molecule has 106 valence electrons. The Bertz CT molecular complexity index is 762. The van der Waals surface area contributed by atoms with Gasteiger partial charge >= 0.3 is 0 Å². The molecule has 7 heteroatoms. The van der Waals surface area contributed by atoms with Gasteiger partial charge in [0.15, 0.2) is 0 Å². The Morgan fingerprint density at radius 2 is 1.90 bits per heavy atom. The highest BCUT2D eigenvalue weighted by molar-refractivity contribution is 9.10. The maximum atomic E-state index is 12.2. The molecule has 2 rings (SSSR count). The Kier molecular flexibility index (Phi) is 4.27. The average Bonchev–Trinajstić information content (AvgIpc) is 2.37. The van der Waals surface area contributed by atoms with Crippen molar-refractivity contribution >= 4 is 43.2 Å². The Morgan fingerprint density at radius 3 is 2.50 bits per heavy atom. The number of phenols is 1. The normalized spacial score (nSPS) is 11.3. The van der Waals surface area contributed by atoms with Crippen molar-refractivity contribution in [2.45, 2.75) is 11.8 Å². The first-order valence-corrected chi connectivity index (χ1v) is 8.22. The van der Waals surface area contributed by atoms with Gasteiger partial charge in [0, 0.05) is 4.47 Å². The summed E-state index contributed by atoms with van der Waals surface area (Å²) < 4.78 is 27.7. The minimum atomic E-state index is -3.69. The van der Waals surface area contributed by atoms with Gasteiger partial charge in [0.2, 0.25) is 0 Å².